The van der Waals surface area contributed by atoms with Gasteiger partial charge in [0.15, 0.2) is 0 Å². The Morgan fingerprint density at radius 2 is 1.84 bits per heavy atom. The third-order valence-corrected chi connectivity index (χ3v) is 7.71. The molecule has 0 saturated carbocycles. The van der Waals surface area contributed by atoms with E-state index in [-0.39, 0.29) is 29.9 Å². The minimum absolute atomic E-state index is 0.0343. The number of aromatic nitrogens is 1. The number of aryl methyl sites for hydroxylation is 1. The molecule has 8 heteroatoms. The maximum Gasteiger partial charge on any atom is 0.292 e. The number of rotatable bonds is 6. The quantitative estimate of drug-likeness (QED) is 0.532. The monoisotopic (exact) mass is 505 g/mol. The van der Waals surface area contributed by atoms with E-state index in [4.69, 9.17) is 4.52 Å². The van der Waals surface area contributed by atoms with Gasteiger partial charge in [-0.15, -0.1) is 0 Å². The van der Waals surface area contributed by atoms with Crippen LogP contribution in [0.25, 0.3) is 0 Å². The molecule has 2 saturated heterocycles. The predicted molar refractivity (Wildman–Crippen MR) is 135 cm³/mol. The third kappa shape index (κ3) is 5.03. The molecule has 0 bridgehead atoms. The van der Waals surface area contributed by atoms with E-state index < -0.39 is 17.6 Å². The van der Waals surface area contributed by atoms with E-state index in [1.807, 2.05) is 37.3 Å². The molecule has 7 nitrogen and oxygen atoms in total. The molecule has 2 aromatic carbocycles. The van der Waals surface area contributed by atoms with Crippen LogP contribution in [0.15, 0.2) is 65.2 Å². The number of hydrogen-bond donors (Lipinski definition) is 1. The lowest BCUT2D eigenvalue weighted by Gasteiger charge is -2.51. The highest BCUT2D eigenvalue weighted by atomic mass is 19.1. The molecule has 2 atom stereocenters. The molecule has 1 spiro atoms. The summed E-state index contributed by atoms with van der Waals surface area (Å²) in [4.78, 5) is 30.6. The standard InChI is InChI=1S/C29H32FN3O4/c1-2-6-23-17-25(37-31-23)27(35)32-15-13-29(14-16-32)18-24(34)26(21-7-4-3-5-8-21)33(28(29)36)19-20-9-11-22(30)12-10-20/h3-5,7-12,17,24,26,34H,2,6,13-16,18-19H2,1H3/t24-,26+/m1/s1. The predicted octanol–water partition coefficient (Wildman–Crippen LogP) is 4.52. The zero-order valence-corrected chi connectivity index (χ0v) is 21.0. The van der Waals surface area contributed by atoms with Crippen molar-refractivity contribution in [1.82, 2.24) is 15.0 Å². The summed E-state index contributed by atoms with van der Waals surface area (Å²) < 4.78 is 18.8. The first-order chi connectivity index (χ1) is 17.9. The van der Waals surface area contributed by atoms with Crippen molar-refractivity contribution in [2.45, 2.75) is 57.7 Å². The number of halogens is 1. The van der Waals surface area contributed by atoms with Gasteiger partial charge in [0.05, 0.1) is 23.3 Å². The zero-order chi connectivity index (χ0) is 26.0. The van der Waals surface area contributed by atoms with Crippen LogP contribution in [0.2, 0.25) is 0 Å². The molecule has 37 heavy (non-hydrogen) atoms. The maximum atomic E-state index is 14.1. The molecule has 2 fully saturated rings. The molecule has 5 rings (SSSR count). The highest BCUT2D eigenvalue weighted by Gasteiger charge is 2.52. The van der Waals surface area contributed by atoms with Crippen molar-refractivity contribution in [2.24, 2.45) is 5.41 Å². The van der Waals surface area contributed by atoms with Crippen molar-refractivity contribution in [3.05, 3.63) is 89.1 Å². The summed E-state index contributed by atoms with van der Waals surface area (Å²) in [5.74, 6) is -0.376. The van der Waals surface area contributed by atoms with Crippen LogP contribution in [0.1, 0.15) is 66.0 Å². The van der Waals surface area contributed by atoms with Gasteiger partial charge in [-0.1, -0.05) is 61.0 Å². The maximum absolute atomic E-state index is 14.1. The smallest absolute Gasteiger partial charge is 0.292 e. The van der Waals surface area contributed by atoms with E-state index in [9.17, 15) is 19.1 Å². The van der Waals surface area contributed by atoms with Crippen LogP contribution < -0.4 is 0 Å². The summed E-state index contributed by atoms with van der Waals surface area (Å²) in [6.45, 7) is 3.08. The number of aliphatic hydroxyl groups excluding tert-OH is 1. The average Bonchev–Trinajstić information content (AvgIpc) is 3.38. The van der Waals surface area contributed by atoms with Crippen LogP contribution in [0.3, 0.4) is 0 Å². The van der Waals surface area contributed by atoms with Gasteiger partial charge in [-0.3, -0.25) is 9.59 Å². The number of piperidine rings is 2. The molecule has 0 unspecified atom stereocenters. The molecule has 2 amide bonds. The van der Waals surface area contributed by atoms with Gasteiger partial charge in [0.1, 0.15) is 5.82 Å². The van der Waals surface area contributed by atoms with Gasteiger partial charge in [-0.2, -0.15) is 0 Å². The summed E-state index contributed by atoms with van der Waals surface area (Å²) in [5, 5.41) is 15.4. The molecule has 3 heterocycles. The van der Waals surface area contributed by atoms with Crippen molar-refractivity contribution in [3.8, 4) is 0 Å². The summed E-state index contributed by atoms with van der Waals surface area (Å²) in [5.41, 5.74) is 1.64. The van der Waals surface area contributed by atoms with Crippen molar-refractivity contribution < 1.29 is 23.6 Å². The Kier molecular flexibility index (Phi) is 7.11. The van der Waals surface area contributed by atoms with Crippen molar-refractivity contribution in [2.75, 3.05) is 13.1 Å². The summed E-state index contributed by atoms with van der Waals surface area (Å²) in [6, 6.07) is 16.8. The van der Waals surface area contributed by atoms with Crippen LogP contribution in [-0.2, 0) is 17.8 Å². The van der Waals surface area contributed by atoms with Crippen molar-refractivity contribution in [1.29, 1.82) is 0 Å². The molecule has 3 aromatic rings. The van der Waals surface area contributed by atoms with Gasteiger partial charge in [0.25, 0.3) is 5.91 Å². The number of hydrogen-bond acceptors (Lipinski definition) is 5. The molecule has 2 aliphatic rings. The lowest BCUT2D eigenvalue weighted by atomic mass is 9.68. The van der Waals surface area contributed by atoms with Crippen LogP contribution in [0, 0.1) is 11.2 Å². The van der Waals surface area contributed by atoms with E-state index in [1.54, 1.807) is 28.0 Å². The molecule has 1 aromatic heterocycles. The van der Waals surface area contributed by atoms with Gasteiger partial charge in [-0.05, 0) is 48.9 Å². The fraction of sp³-hybridized carbons (Fsp3) is 0.414. The van der Waals surface area contributed by atoms with E-state index in [1.165, 1.54) is 12.1 Å². The molecule has 0 radical (unpaired) electrons. The van der Waals surface area contributed by atoms with Gasteiger partial charge in [-0.25, -0.2) is 4.39 Å². The van der Waals surface area contributed by atoms with Gasteiger partial charge in [0.2, 0.25) is 11.7 Å². The Hall–Kier alpha value is -3.52. The number of likely N-dealkylation sites (tertiary alicyclic amines) is 2. The van der Waals surface area contributed by atoms with Crippen LogP contribution in [-0.4, -0.2) is 51.1 Å². The van der Waals surface area contributed by atoms with Crippen molar-refractivity contribution >= 4 is 11.8 Å². The highest BCUT2D eigenvalue weighted by molar-refractivity contribution is 5.92. The van der Waals surface area contributed by atoms with Gasteiger partial charge >= 0.3 is 0 Å². The number of carbonyl (C=O) groups excluding carboxylic acids is 2. The Labute approximate surface area is 215 Å². The normalized spacial score (nSPS) is 21.4. The molecule has 2 aliphatic heterocycles. The SMILES string of the molecule is CCCc1cc(C(=O)N2CCC3(CC2)C[C@@H](O)[C@H](c2ccccc2)N(Cc2ccc(F)cc2)C3=O)on1. The van der Waals surface area contributed by atoms with Gasteiger partial charge in [0, 0.05) is 25.7 Å². The fourth-order valence-electron chi connectivity index (χ4n) is 5.75. The number of aliphatic hydroxyl groups is 1. The largest absolute Gasteiger partial charge is 0.391 e. The number of carbonyl (C=O) groups is 2. The first-order valence-electron chi connectivity index (χ1n) is 12.9. The number of benzene rings is 2. The third-order valence-electron chi connectivity index (χ3n) is 7.71. The lowest BCUT2D eigenvalue weighted by molar-refractivity contribution is -0.164. The summed E-state index contributed by atoms with van der Waals surface area (Å²) in [7, 11) is 0. The van der Waals surface area contributed by atoms with Crippen LogP contribution >= 0.6 is 0 Å². The number of amides is 2. The van der Waals surface area contributed by atoms with E-state index >= 15 is 0 Å². The molecular weight excluding hydrogens is 473 g/mol. The molecular formula is C29H32FN3O4. The zero-order valence-electron chi connectivity index (χ0n) is 21.0. The Balaban J connectivity index is 1.37. The Bertz CT molecular complexity index is 1240. The topological polar surface area (TPSA) is 86.9 Å². The van der Waals surface area contributed by atoms with E-state index in [2.05, 4.69) is 5.16 Å². The Morgan fingerprint density at radius 1 is 1.14 bits per heavy atom. The second-order valence-corrected chi connectivity index (χ2v) is 10.2. The molecule has 194 valence electrons. The van der Waals surface area contributed by atoms with Crippen LogP contribution in [0.5, 0.6) is 0 Å². The van der Waals surface area contributed by atoms with E-state index in [0.29, 0.717) is 32.4 Å². The first-order valence-corrected chi connectivity index (χ1v) is 12.9. The van der Waals surface area contributed by atoms with Gasteiger partial charge < -0.3 is 19.4 Å². The summed E-state index contributed by atoms with van der Waals surface area (Å²) >= 11 is 0. The first kappa shape index (κ1) is 25.1. The van der Waals surface area contributed by atoms with Crippen LogP contribution in [0.4, 0.5) is 4.39 Å². The minimum atomic E-state index is -0.770. The highest BCUT2D eigenvalue weighted by Crippen LogP contribution is 2.47. The average molecular weight is 506 g/mol. The minimum Gasteiger partial charge on any atom is -0.391 e. The van der Waals surface area contributed by atoms with Crippen molar-refractivity contribution in [3.63, 3.8) is 0 Å². The second-order valence-electron chi connectivity index (χ2n) is 10.2. The fourth-order valence-corrected chi connectivity index (χ4v) is 5.75. The lowest BCUT2D eigenvalue weighted by Crippen LogP contribution is -2.58. The second kappa shape index (κ2) is 10.5. The Morgan fingerprint density at radius 3 is 2.51 bits per heavy atom. The van der Waals surface area contributed by atoms with E-state index in [0.717, 1.165) is 29.7 Å². The number of nitrogens with zero attached hydrogens (tertiary/aromatic N) is 3. The molecule has 0 aliphatic carbocycles. The summed E-state index contributed by atoms with van der Waals surface area (Å²) in [6.07, 6.45) is 2.12. The molecule has 1 N–H and O–H groups in total.